The van der Waals surface area contributed by atoms with E-state index in [-0.39, 0.29) is 5.91 Å². The van der Waals surface area contributed by atoms with Crippen LogP contribution in [0.3, 0.4) is 0 Å². The second-order valence-electron chi connectivity index (χ2n) is 5.36. The lowest BCUT2D eigenvalue weighted by Gasteiger charge is -2.29. The third-order valence-electron chi connectivity index (χ3n) is 3.66. The van der Waals surface area contributed by atoms with Gasteiger partial charge >= 0.3 is 0 Å². The molecule has 5 nitrogen and oxygen atoms in total. The van der Waals surface area contributed by atoms with Gasteiger partial charge in [-0.2, -0.15) is 0 Å². The molecule has 0 aromatic rings. The number of hydrogen-bond donors (Lipinski definition) is 2. The van der Waals surface area contributed by atoms with Gasteiger partial charge in [0.05, 0.1) is 12.1 Å². The molecular formula is C15H33N3O2. The zero-order valence-electron chi connectivity index (χ0n) is 13.7. The second-order valence-corrected chi connectivity index (χ2v) is 5.36. The van der Waals surface area contributed by atoms with Gasteiger partial charge in [-0.15, -0.1) is 0 Å². The molecule has 0 aliphatic carbocycles. The molecule has 0 aromatic heterocycles. The quantitative estimate of drug-likeness (QED) is 0.502. The van der Waals surface area contributed by atoms with Crippen LogP contribution in [0.1, 0.15) is 47.0 Å². The van der Waals surface area contributed by atoms with E-state index in [1.165, 1.54) is 0 Å². The Balaban J connectivity index is 4.10. The largest absolute Gasteiger partial charge is 0.380 e. The average Bonchev–Trinajstić information content (AvgIpc) is 2.43. The summed E-state index contributed by atoms with van der Waals surface area (Å²) in [7, 11) is 0. The summed E-state index contributed by atoms with van der Waals surface area (Å²) < 4.78 is 5.38. The summed E-state index contributed by atoms with van der Waals surface area (Å²) in [6.07, 6.45) is 2.72. The normalized spacial score (nSPS) is 14.4. The molecule has 20 heavy (non-hydrogen) atoms. The van der Waals surface area contributed by atoms with Crippen LogP contribution in [0.5, 0.6) is 0 Å². The van der Waals surface area contributed by atoms with Crippen LogP contribution in [0, 0.1) is 0 Å². The van der Waals surface area contributed by atoms with Crippen LogP contribution >= 0.6 is 0 Å². The number of rotatable bonds is 13. The molecule has 0 rings (SSSR count). The Morgan fingerprint density at radius 3 is 2.50 bits per heavy atom. The highest BCUT2D eigenvalue weighted by Gasteiger charge is 2.29. The molecule has 120 valence electrons. The van der Waals surface area contributed by atoms with Crippen molar-refractivity contribution in [2.24, 2.45) is 5.73 Å². The zero-order chi connectivity index (χ0) is 15.4. The summed E-state index contributed by atoms with van der Waals surface area (Å²) >= 11 is 0. The molecule has 0 spiro atoms. The summed E-state index contributed by atoms with van der Waals surface area (Å²) in [5.41, 5.74) is 4.94. The highest BCUT2D eigenvalue weighted by molar-refractivity contribution is 5.84. The van der Waals surface area contributed by atoms with Crippen molar-refractivity contribution in [1.29, 1.82) is 0 Å². The molecule has 0 radical (unpaired) electrons. The van der Waals surface area contributed by atoms with Gasteiger partial charge < -0.3 is 20.7 Å². The number of nitrogens with two attached hydrogens (primary N) is 1. The van der Waals surface area contributed by atoms with E-state index in [2.05, 4.69) is 24.1 Å². The highest BCUT2D eigenvalue weighted by atomic mass is 16.5. The van der Waals surface area contributed by atoms with E-state index in [4.69, 9.17) is 10.5 Å². The van der Waals surface area contributed by atoms with Crippen molar-refractivity contribution < 1.29 is 9.53 Å². The molecule has 1 unspecified atom stereocenters. The predicted octanol–water partition coefficient (Wildman–Crippen LogP) is 1.37. The first-order valence-electron chi connectivity index (χ1n) is 7.85. The van der Waals surface area contributed by atoms with Crippen molar-refractivity contribution in [3.05, 3.63) is 0 Å². The molecule has 0 saturated heterocycles. The Bertz CT molecular complexity index is 262. The van der Waals surface area contributed by atoms with E-state index in [9.17, 15) is 4.79 Å². The van der Waals surface area contributed by atoms with Crippen molar-refractivity contribution in [1.82, 2.24) is 10.2 Å². The summed E-state index contributed by atoms with van der Waals surface area (Å²) in [4.78, 5) is 14.0. The van der Waals surface area contributed by atoms with Crippen LogP contribution in [-0.2, 0) is 9.53 Å². The molecule has 1 atom stereocenters. The van der Waals surface area contributed by atoms with E-state index >= 15 is 0 Å². The summed E-state index contributed by atoms with van der Waals surface area (Å²) in [5.74, 6) is -0.261. The van der Waals surface area contributed by atoms with E-state index in [0.717, 1.165) is 58.7 Å². The smallest absolute Gasteiger partial charge is 0.237 e. The number of likely N-dealkylation sites (N-methyl/N-ethyl adjacent to an activating group) is 1. The lowest BCUT2D eigenvalue weighted by atomic mass is 9.94. The van der Waals surface area contributed by atoms with Gasteiger partial charge in [0, 0.05) is 13.2 Å². The van der Waals surface area contributed by atoms with Crippen molar-refractivity contribution in [3.63, 3.8) is 0 Å². The van der Waals surface area contributed by atoms with Crippen molar-refractivity contribution in [3.8, 4) is 0 Å². The number of nitrogens with one attached hydrogen (secondary N) is 1. The summed E-state index contributed by atoms with van der Waals surface area (Å²) in [6, 6.07) is 0. The predicted molar refractivity (Wildman–Crippen MR) is 83.7 cm³/mol. The molecule has 0 aliphatic rings. The van der Waals surface area contributed by atoms with Crippen molar-refractivity contribution in [2.45, 2.75) is 52.5 Å². The fraction of sp³-hybridized carbons (Fsp3) is 0.933. The number of primary amides is 1. The molecule has 0 bridgehead atoms. The molecule has 0 fully saturated rings. The average molecular weight is 287 g/mol. The van der Waals surface area contributed by atoms with Gasteiger partial charge in [-0.1, -0.05) is 13.8 Å². The Hall–Kier alpha value is -0.650. The zero-order valence-corrected chi connectivity index (χ0v) is 13.7. The molecule has 0 heterocycles. The minimum absolute atomic E-state index is 0.261. The number of carbonyl (C=O) groups is 1. The monoisotopic (exact) mass is 287 g/mol. The number of nitrogens with zero attached hydrogens (tertiary/aromatic N) is 1. The van der Waals surface area contributed by atoms with E-state index in [1.807, 2.05) is 13.8 Å². The molecule has 0 saturated carbocycles. The maximum absolute atomic E-state index is 11.6. The third-order valence-corrected chi connectivity index (χ3v) is 3.66. The first kappa shape index (κ1) is 19.4. The van der Waals surface area contributed by atoms with Crippen LogP contribution in [0.2, 0.25) is 0 Å². The van der Waals surface area contributed by atoms with Crippen LogP contribution in [-0.4, -0.2) is 55.7 Å². The van der Waals surface area contributed by atoms with Gasteiger partial charge in [-0.25, -0.2) is 0 Å². The number of ether oxygens (including phenoxy) is 1. The Morgan fingerprint density at radius 1 is 1.30 bits per heavy atom. The first-order chi connectivity index (χ1) is 9.50. The van der Waals surface area contributed by atoms with Crippen LogP contribution in [0.15, 0.2) is 0 Å². The maximum Gasteiger partial charge on any atom is 0.237 e. The minimum Gasteiger partial charge on any atom is -0.380 e. The second kappa shape index (κ2) is 11.1. The van der Waals surface area contributed by atoms with Crippen molar-refractivity contribution >= 4 is 5.91 Å². The van der Waals surface area contributed by atoms with Gasteiger partial charge in [0.1, 0.15) is 0 Å². The van der Waals surface area contributed by atoms with Gasteiger partial charge in [0.2, 0.25) is 5.91 Å². The van der Waals surface area contributed by atoms with Gasteiger partial charge in [-0.3, -0.25) is 4.79 Å². The fourth-order valence-electron chi connectivity index (χ4n) is 2.12. The van der Waals surface area contributed by atoms with Crippen molar-refractivity contribution in [2.75, 3.05) is 39.4 Å². The lowest BCUT2D eigenvalue weighted by molar-refractivity contribution is -0.124. The first-order valence-corrected chi connectivity index (χ1v) is 7.85. The Labute approximate surface area is 124 Å². The maximum atomic E-state index is 11.6. The Kier molecular flexibility index (Phi) is 10.7. The summed E-state index contributed by atoms with van der Waals surface area (Å²) in [6.45, 7) is 13.4. The van der Waals surface area contributed by atoms with Gasteiger partial charge in [0.25, 0.3) is 0 Å². The third kappa shape index (κ3) is 7.82. The molecule has 1 amide bonds. The van der Waals surface area contributed by atoms with Crippen LogP contribution in [0.25, 0.3) is 0 Å². The molecule has 3 N–H and O–H groups in total. The topological polar surface area (TPSA) is 67.6 Å². The number of hydrogen-bond acceptors (Lipinski definition) is 4. The van der Waals surface area contributed by atoms with E-state index in [0.29, 0.717) is 0 Å². The minimum atomic E-state index is -0.588. The number of carbonyl (C=O) groups excluding carboxylic acids is 1. The Morgan fingerprint density at radius 2 is 2.00 bits per heavy atom. The molecule has 5 heteroatoms. The van der Waals surface area contributed by atoms with E-state index < -0.39 is 5.54 Å². The molecular weight excluding hydrogens is 254 g/mol. The van der Waals surface area contributed by atoms with Gasteiger partial charge in [-0.05, 0) is 52.7 Å². The number of amides is 1. The van der Waals surface area contributed by atoms with Crippen LogP contribution in [0.4, 0.5) is 0 Å². The summed E-state index contributed by atoms with van der Waals surface area (Å²) in [5, 5.41) is 3.27. The highest BCUT2D eigenvalue weighted by Crippen LogP contribution is 2.12. The SMILES string of the molecule is CCCNC(C)(CCCN(CC)CCOCC)C(N)=O. The van der Waals surface area contributed by atoms with Gasteiger partial charge in [0.15, 0.2) is 0 Å². The fourth-order valence-corrected chi connectivity index (χ4v) is 2.12. The molecule has 0 aromatic carbocycles. The van der Waals surface area contributed by atoms with E-state index in [1.54, 1.807) is 0 Å². The standard InChI is InChI=1S/C15H33N3O2/c1-5-10-17-15(4,14(16)19)9-8-11-18(6-2)12-13-20-7-3/h17H,5-13H2,1-4H3,(H2,16,19). The lowest BCUT2D eigenvalue weighted by Crippen LogP contribution is -2.53. The molecule has 0 aliphatic heterocycles. The van der Waals surface area contributed by atoms with Crippen LogP contribution < -0.4 is 11.1 Å².